The molecule has 116 valence electrons. The molecule has 0 atom stereocenters. The minimum absolute atomic E-state index is 0.0264. The van der Waals surface area contributed by atoms with Gasteiger partial charge in [0.2, 0.25) is 0 Å². The highest BCUT2D eigenvalue weighted by atomic mass is 16.1. The molecule has 0 radical (unpaired) electrons. The molecule has 3 rings (SSSR count). The van der Waals surface area contributed by atoms with Crippen LogP contribution in [0.15, 0.2) is 65.7 Å². The van der Waals surface area contributed by atoms with Crippen molar-refractivity contribution in [2.24, 2.45) is 7.05 Å². The quantitative estimate of drug-likeness (QED) is 0.728. The Kier molecular flexibility index (Phi) is 4.62. The fourth-order valence-electron chi connectivity index (χ4n) is 2.58. The number of hydrogen-bond donors (Lipinski definition) is 0. The number of aromatic nitrogens is 3. The van der Waals surface area contributed by atoms with Gasteiger partial charge in [0.1, 0.15) is 5.82 Å². The van der Waals surface area contributed by atoms with Gasteiger partial charge in [-0.1, -0.05) is 30.3 Å². The van der Waals surface area contributed by atoms with Crippen molar-refractivity contribution in [3.63, 3.8) is 0 Å². The first-order valence-corrected chi connectivity index (χ1v) is 7.75. The van der Waals surface area contributed by atoms with Crippen LogP contribution in [0.2, 0.25) is 0 Å². The van der Waals surface area contributed by atoms with Gasteiger partial charge in [-0.05, 0) is 30.5 Å². The predicted molar refractivity (Wildman–Crippen MR) is 91.2 cm³/mol. The second-order valence-corrected chi connectivity index (χ2v) is 5.53. The third-order valence-electron chi connectivity index (χ3n) is 3.91. The number of hydrogen-bond acceptors (Lipinski definition) is 3. The standard InChI is InChI=1S/C19H19N3O/c1-22-18(9-5-8-15-6-3-2-4-7-15)21-17(14-19(22)23)16-10-12-20-13-11-16/h2-4,6-7,10-14H,5,8-9H2,1H3. The minimum Gasteiger partial charge on any atom is -0.300 e. The smallest absolute Gasteiger partial charge is 0.253 e. The lowest BCUT2D eigenvalue weighted by molar-refractivity contribution is 0.684. The van der Waals surface area contributed by atoms with Gasteiger partial charge >= 0.3 is 0 Å². The summed E-state index contributed by atoms with van der Waals surface area (Å²) >= 11 is 0. The maximum Gasteiger partial charge on any atom is 0.253 e. The van der Waals surface area contributed by atoms with Crippen LogP contribution in [-0.4, -0.2) is 14.5 Å². The van der Waals surface area contributed by atoms with Gasteiger partial charge in [-0.15, -0.1) is 0 Å². The second-order valence-electron chi connectivity index (χ2n) is 5.53. The van der Waals surface area contributed by atoms with E-state index in [9.17, 15) is 4.79 Å². The summed E-state index contributed by atoms with van der Waals surface area (Å²) in [6.45, 7) is 0. The van der Waals surface area contributed by atoms with Crippen LogP contribution in [0.25, 0.3) is 11.3 Å². The normalized spacial score (nSPS) is 10.7. The molecule has 4 heteroatoms. The van der Waals surface area contributed by atoms with Crippen molar-refractivity contribution in [3.8, 4) is 11.3 Å². The Morgan fingerprint density at radius 3 is 2.48 bits per heavy atom. The predicted octanol–water partition coefficient (Wildman–Crippen LogP) is 3.02. The Morgan fingerprint density at radius 1 is 1.00 bits per heavy atom. The molecular formula is C19H19N3O. The number of benzene rings is 1. The van der Waals surface area contributed by atoms with Crippen molar-refractivity contribution in [1.82, 2.24) is 14.5 Å². The molecule has 0 unspecified atom stereocenters. The summed E-state index contributed by atoms with van der Waals surface area (Å²) in [5.74, 6) is 0.820. The fourth-order valence-corrected chi connectivity index (χ4v) is 2.58. The molecule has 4 nitrogen and oxygen atoms in total. The van der Waals surface area contributed by atoms with Crippen LogP contribution in [0.1, 0.15) is 17.8 Å². The molecule has 0 saturated heterocycles. The average Bonchev–Trinajstić information content (AvgIpc) is 2.60. The molecule has 1 aromatic carbocycles. The molecule has 0 spiro atoms. The maximum absolute atomic E-state index is 12.2. The van der Waals surface area contributed by atoms with E-state index in [2.05, 4.69) is 22.1 Å². The Morgan fingerprint density at radius 2 is 1.74 bits per heavy atom. The van der Waals surface area contributed by atoms with Crippen molar-refractivity contribution in [3.05, 3.63) is 82.7 Å². The first-order valence-electron chi connectivity index (χ1n) is 7.75. The van der Waals surface area contributed by atoms with E-state index in [4.69, 9.17) is 0 Å². The Balaban J connectivity index is 1.79. The third kappa shape index (κ3) is 3.72. The fraction of sp³-hybridized carbons (Fsp3) is 0.211. The summed E-state index contributed by atoms with van der Waals surface area (Å²) in [5.41, 5.74) is 2.91. The molecule has 3 aromatic rings. The van der Waals surface area contributed by atoms with Crippen molar-refractivity contribution in [2.45, 2.75) is 19.3 Å². The highest BCUT2D eigenvalue weighted by Gasteiger charge is 2.07. The van der Waals surface area contributed by atoms with E-state index in [0.717, 1.165) is 30.7 Å². The summed E-state index contributed by atoms with van der Waals surface area (Å²) < 4.78 is 1.63. The summed E-state index contributed by atoms with van der Waals surface area (Å²) in [5, 5.41) is 0. The molecule has 23 heavy (non-hydrogen) atoms. The lowest BCUT2D eigenvalue weighted by atomic mass is 10.1. The van der Waals surface area contributed by atoms with E-state index in [-0.39, 0.29) is 5.56 Å². The van der Waals surface area contributed by atoms with E-state index < -0.39 is 0 Å². The summed E-state index contributed by atoms with van der Waals surface area (Å²) in [4.78, 5) is 20.8. The number of nitrogens with zero attached hydrogens (tertiary/aromatic N) is 3. The molecule has 0 aliphatic heterocycles. The molecule has 2 heterocycles. The zero-order valence-electron chi connectivity index (χ0n) is 13.1. The largest absolute Gasteiger partial charge is 0.300 e. The van der Waals surface area contributed by atoms with Crippen LogP contribution in [0.4, 0.5) is 0 Å². The van der Waals surface area contributed by atoms with Crippen LogP contribution < -0.4 is 5.56 Å². The molecule has 0 aliphatic carbocycles. The van der Waals surface area contributed by atoms with Crippen molar-refractivity contribution >= 4 is 0 Å². The minimum atomic E-state index is -0.0264. The summed E-state index contributed by atoms with van der Waals surface area (Å²) in [6.07, 6.45) is 6.15. The number of rotatable bonds is 5. The second kappa shape index (κ2) is 7.01. The van der Waals surface area contributed by atoms with Gasteiger partial charge in [-0.25, -0.2) is 4.98 Å². The third-order valence-corrected chi connectivity index (χ3v) is 3.91. The summed E-state index contributed by atoms with van der Waals surface area (Å²) in [6, 6.07) is 15.7. The van der Waals surface area contributed by atoms with Crippen LogP contribution in [0.3, 0.4) is 0 Å². The first-order chi connectivity index (χ1) is 11.2. The molecular weight excluding hydrogens is 286 g/mol. The van der Waals surface area contributed by atoms with E-state index >= 15 is 0 Å². The van der Waals surface area contributed by atoms with E-state index in [0.29, 0.717) is 5.69 Å². The Labute approximate surface area is 135 Å². The van der Waals surface area contributed by atoms with E-state index in [1.54, 1.807) is 30.1 Å². The SMILES string of the molecule is Cn1c(CCCc2ccccc2)nc(-c2ccncc2)cc1=O. The van der Waals surface area contributed by atoms with E-state index in [1.807, 2.05) is 30.3 Å². The maximum atomic E-state index is 12.2. The summed E-state index contributed by atoms with van der Waals surface area (Å²) in [7, 11) is 1.78. The van der Waals surface area contributed by atoms with Gasteiger partial charge in [-0.3, -0.25) is 14.3 Å². The highest BCUT2D eigenvalue weighted by molar-refractivity contribution is 5.57. The topological polar surface area (TPSA) is 47.8 Å². The monoisotopic (exact) mass is 305 g/mol. The molecule has 0 aliphatic rings. The molecule has 0 fully saturated rings. The zero-order valence-corrected chi connectivity index (χ0v) is 13.1. The number of aryl methyl sites for hydroxylation is 2. The lowest BCUT2D eigenvalue weighted by Crippen LogP contribution is -2.22. The van der Waals surface area contributed by atoms with Crippen LogP contribution in [-0.2, 0) is 19.9 Å². The number of pyridine rings is 1. The Bertz CT molecular complexity index is 826. The Hall–Kier alpha value is -2.75. The van der Waals surface area contributed by atoms with Crippen LogP contribution in [0.5, 0.6) is 0 Å². The van der Waals surface area contributed by atoms with E-state index in [1.165, 1.54) is 5.56 Å². The molecule has 0 N–H and O–H groups in total. The molecule has 0 amide bonds. The van der Waals surface area contributed by atoms with Crippen molar-refractivity contribution in [2.75, 3.05) is 0 Å². The average molecular weight is 305 g/mol. The van der Waals surface area contributed by atoms with Crippen molar-refractivity contribution < 1.29 is 0 Å². The van der Waals surface area contributed by atoms with Gasteiger partial charge in [0.05, 0.1) is 5.69 Å². The van der Waals surface area contributed by atoms with Gasteiger partial charge in [-0.2, -0.15) is 0 Å². The van der Waals surface area contributed by atoms with Crippen LogP contribution in [0, 0.1) is 0 Å². The lowest BCUT2D eigenvalue weighted by Gasteiger charge is -2.09. The molecule has 0 bridgehead atoms. The zero-order chi connectivity index (χ0) is 16.1. The van der Waals surface area contributed by atoms with Gasteiger partial charge in [0, 0.05) is 37.5 Å². The molecule has 2 aromatic heterocycles. The van der Waals surface area contributed by atoms with Gasteiger partial charge < -0.3 is 0 Å². The van der Waals surface area contributed by atoms with Gasteiger partial charge in [0.25, 0.3) is 5.56 Å². The molecule has 0 saturated carbocycles. The van der Waals surface area contributed by atoms with Crippen molar-refractivity contribution in [1.29, 1.82) is 0 Å². The van der Waals surface area contributed by atoms with Gasteiger partial charge in [0.15, 0.2) is 0 Å². The van der Waals surface area contributed by atoms with Crippen LogP contribution >= 0.6 is 0 Å². The highest BCUT2D eigenvalue weighted by Crippen LogP contribution is 2.15. The first kappa shape index (κ1) is 15.2.